The minimum Gasteiger partial charge on any atom is -0.373 e. The molecule has 0 bridgehead atoms. The Hall–Kier alpha value is -1.99. The molecule has 3 aromatic rings. The molecule has 2 heterocycles. The number of thiophene rings is 1. The minimum absolute atomic E-state index is 0.209. The lowest BCUT2D eigenvalue weighted by atomic mass is 10.1. The zero-order valence-corrected chi connectivity index (χ0v) is 18.5. The molecule has 0 radical (unpaired) electrons. The summed E-state index contributed by atoms with van der Waals surface area (Å²) in [5, 5.41) is 4.05. The van der Waals surface area contributed by atoms with Gasteiger partial charge >= 0.3 is 0 Å². The quantitative estimate of drug-likeness (QED) is 0.583. The second-order valence-corrected chi connectivity index (χ2v) is 9.22. The smallest absolute Gasteiger partial charge is 0.263 e. The van der Waals surface area contributed by atoms with Crippen LogP contribution in [0.3, 0.4) is 0 Å². The Bertz CT molecular complexity index is 1060. The van der Waals surface area contributed by atoms with E-state index in [0.717, 1.165) is 25.2 Å². The SMILES string of the molecule is CC1CN(Cc2ccccc2CNC(=O)c2sc3cc(F)ccc3c2Cl)CC(C)O1. The van der Waals surface area contributed by atoms with E-state index in [1.165, 1.54) is 29.0 Å². The molecule has 2 aromatic carbocycles. The zero-order chi connectivity index (χ0) is 21.3. The van der Waals surface area contributed by atoms with Crippen molar-refractivity contribution in [3.05, 3.63) is 69.3 Å². The van der Waals surface area contributed by atoms with Gasteiger partial charge in [0.05, 0.1) is 17.2 Å². The molecule has 4 nitrogen and oxygen atoms in total. The fourth-order valence-corrected chi connectivity index (χ4v) is 5.44. The molecule has 2 atom stereocenters. The third kappa shape index (κ3) is 4.67. The van der Waals surface area contributed by atoms with Gasteiger partial charge in [0, 0.05) is 36.3 Å². The van der Waals surface area contributed by atoms with Crippen LogP contribution in [0.5, 0.6) is 0 Å². The summed E-state index contributed by atoms with van der Waals surface area (Å²) in [5.41, 5.74) is 2.25. The molecular formula is C23H24ClFN2O2S. The number of ether oxygens (including phenoxy) is 1. The van der Waals surface area contributed by atoms with E-state index in [2.05, 4.69) is 30.1 Å². The molecule has 1 aliphatic heterocycles. The number of carbonyl (C=O) groups excluding carboxylic acids is 1. The molecular weight excluding hydrogens is 423 g/mol. The van der Waals surface area contributed by atoms with Crippen molar-refractivity contribution in [3.8, 4) is 0 Å². The van der Waals surface area contributed by atoms with Crippen molar-refractivity contribution in [2.45, 2.75) is 39.1 Å². The van der Waals surface area contributed by atoms with Crippen LogP contribution in [0.4, 0.5) is 4.39 Å². The van der Waals surface area contributed by atoms with E-state index in [9.17, 15) is 9.18 Å². The first-order valence-electron chi connectivity index (χ1n) is 10.0. The fraction of sp³-hybridized carbons (Fsp3) is 0.348. The van der Waals surface area contributed by atoms with Gasteiger partial charge in [-0.05, 0) is 43.2 Å². The van der Waals surface area contributed by atoms with Gasteiger partial charge in [-0.1, -0.05) is 35.9 Å². The van der Waals surface area contributed by atoms with E-state index in [1.807, 2.05) is 18.2 Å². The summed E-state index contributed by atoms with van der Waals surface area (Å²) in [7, 11) is 0. The Labute approximate surface area is 184 Å². The summed E-state index contributed by atoms with van der Waals surface area (Å²) >= 11 is 7.59. The molecule has 1 amide bonds. The van der Waals surface area contributed by atoms with E-state index in [0.29, 0.717) is 26.5 Å². The summed E-state index contributed by atoms with van der Waals surface area (Å²) in [4.78, 5) is 15.6. The highest BCUT2D eigenvalue weighted by atomic mass is 35.5. The minimum atomic E-state index is -0.340. The number of hydrogen-bond donors (Lipinski definition) is 1. The molecule has 4 rings (SSSR count). The predicted octanol–water partition coefficient (Wildman–Crippen LogP) is 5.23. The molecule has 1 N–H and O–H groups in total. The molecule has 1 aliphatic rings. The Balaban J connectivity index is 1.46. The van der Waals surface area contributed by atoms with Crippen molar-refractivity contribution in [2.24, 2.45) is 0 Å². The van der Waals surface area contributed by atoms with E-state index in [4.69, 9.17) is 16.3 Å². The molecule has 1 saturated heterocycles. The number of amides is 1. The lowest BCUT2D eigenvalue weighted by molar-refractivity contribution is -0.0705. The lowest BCUT2D eigenvalue weighted by Gasteiger charge is -2.35. The standard InChI is InChI=1S/C23H24ClFN2O2S/c1-14-11-27(12-15(2)29-14)13-17-6-4-3-5-16(17)10-26-23(28)22-21(24)19-8-7-18(25)9-20(19)30-22/h3-9,14-15H,10-13H2,1-2H3,(H,26,28). The maximum Gasteiger partial charge on any atom is 0.263 e. The number of nitrogens with zero attached hydrogens (tertiary/aromatic N) is 1. The average Bonchev–Trinajstić information content (AvgIpc) is 3.02. The normalized spacial score (nSPS) is 19.9. The highest BCUT2D eigenvalue weighted by molar-refractivity contribution is 7.21. The van der Waals surface area contributed by atoms with Crippen LogP contribution in [0.2, 0.25) is 5.02 Å². The predicted molar refractivity (Wildman–Crippen MR) is 120 cm³/mol. The monoisotopic (exact) mass is 446 g/mol. The first kappa shape index (κ1) is 21.2. The molecule has 0 saturated carbocycles. The van der Waals surface area contributed by atoms with Crippen molar-refractivity contribution >= 4 is 38.9 Å². The van der Waals surface area contributed by atoms with Crippen LogP contribution in [0, 0.1) is 5.82 Å². The number of rotatable bonds is 5. The summed E-state index contributed by atoms with van der Waals surface area (Å²) in [5.74, 6) is -0.585. The Morgan fingerprint density at radius 3 is 2.63 bits per heavy atom. The molecule has 2 unspecified atom stereocenters. The van der Waals surface area contributed by atoms with Crippen molar-refractivity contribution < 1.29 is 13.9 Å². The Morgan fingerprint density at radius 1 is 1.20 bits per heavy atom. The van der Waals surface area contributed by atoms with Crippen molar-refractivity contribution in [3.63, 3.8) is 0 Å². The van der Waals surface area contributed by atoms with Crippen molar-refractivity contribution in [1.29, 1.82) is 0 Å². The number of carbonyl (C=O) groups is 1. The molecule has 30 heavy (non-hydrogen) atoms. The van der Waals surface area contributed by atoms with E-state index in [1.54, 1.807) is 6.07 Å². The Kier molecular flexibility index (Phi) is 6.39. The third-order valence-corrected chi connectivity index (χ3v) is 6.90. The molecule has 0 aliphatic carbocycles. The molecule has 0 spiro atoms. The van der Waals surface area contributed by atoms with Gasteiger partial charge in [0.25, 0.3) is 5.91 Å². The van der Waals surface area contributed by atoms with Crippen molar-refractivity contribution in [2.75, 3.05) is 13.1 Å². The van der Waals surface area contributed by atoms with Crippen LogP contribution in [0.15, 0.2) is 42.5 Å². The van der Waals surface area contributed by atoms with Gasteiger partial charge in [-0.15, -0.1) is 11.3 Å². The second-order valence-electron chi connectivity index (χ2n) is 7.79. The number of halogens is 2. The largest absolute Gasteiger partial charge is 0.373 e. The van der Waals surface area contributed by atoms with Gasteiger partial charge in [0.2, 0.25) is 0 Å². The van der Waals surface area contributed by atoms with Gasteiger partial charge < -0.3 is 10.1 Å². The van der Waals surface area contributed by atoms with Crippen LogP contribution in [-0.4, -0.2) is 36.1 Å². The van der Waals surface area contributed by atoms with Crippen LogP contribution in [0.1, 0.15) is 34.6 Å². The van der Waals surface area contributed by atoms with E-state index >= 15 is 0 Å². The zero-order valence-electron chi connectivity index (χ0n) is 17.0. The maximum absolute atomic E-state index is 13.5. The van der Waals surface area contributed by atoms with Gasteiger partial charge in [0.15, 0.2) is 0 Å². The maximum atomic E-state index is 13.5. The highest BCUT2D eigenvalue weighted by Crippen LogP contribution is 2.35. The van der Waals surface area contributed by atoms with Crippen LogP contribution >= 0.6 is 22.9 Å². The van der Waals surface area contributed by atoms with Gasteiger partial charge in [-0.2, -0.15) is 0 Å². The third-order valence-electron chi connectivity index (χ3n) is 5.24. The summed E-state index contributed by atoms with van der Waals surface area (Å²) in [6, 6.07) is 12.5. The van der Waals surface area contributed by atoms with E-state index in [-0.39, 0.29) is 23.9 Å². The second kappa shape index (κ2) is 9.02. The lowest BCUT2D eigenvalue weighted by Crippen LogP contribution is -2.45. The van der Waals surface area contributed by atoms with Crippen molar-refractivity contribution in [1.82, 2.24) is 10.2 Å². The van der Waals surface area contributed by atoms with Gasteiger partial charge in [-0.25, -0.2) is 4.39 Å². The fourth-order valence-electron chi connectivity index (χ4n) is 3.98. The first-order valence-corrected chi connectivity index (χ1v) is 11.2. The molecule has 1 fully saturated rings. The Morgan fingerprint density at radius 2 is 1.90 bits per heavy atom. The number of nitrogens with one attached hydrogen (secondary N) is 1. The molecule has 158 valence electrons. The number of fused-ring (bicyclic) bond motifs is 1. The summed E-state index contributed by atoms with van der Waals surface area (Å²) in [6.07, 6.45) is 0.418. The first-order chi connectivity index (χ1) is 14.4. The molecule has 7 heteroatoms. The van der Waals surface area contributed by atoms with Gasteiger partial charge in [-0.3, -0.25) is 9.69 Å². The van der Waals surface area contributed by atoms with Crippen LogP contribution in [-0.2, 0) is 17.8 Å². The number of morpholine rings is 1. The molecule has 1 aromatic heterocycles. The number of hydrogen-bond acceptors (Lipinski definition) is 4. The highest BCUT2D eigenvalue weighted by Gasteiger charge is 2.23. The summed E-state index contributed by atoms with van der Waals surface area (Å²) in [6.45, 7) is 7.18. The van der Waals surface area contributed by atoms with Crippen LogP contribution in [0.25, 0.3) is 10.1 Å². The van der Waals surface area contributed by atoms with Gasteiger partial charge in [0.1, 0.15) is 10.7 Å². The van der Waals surface area contributed by atoms with E-state index < -0.39 is 0 Å². The van der Waals surface area contributed by atoms with Crippen LogP contribution < -0.4 is 5.32 Å². The topological polar surface area (TPSA) is 41.6 Å². The number of benzene rings is 2. The summed E-state index contributed by atoms with van der Waals surface area (Å²) < 4.78 is 20.0. The average molecular weight is 447 g/mol.